The number of halogens is 2. The van der Waals surface area contributed by atoms with Crippen molar-refractivity contribution in [3.63, 3.8) is 0 Å². The van der Waals surface area contributed by atoms with E-state index in [4.69, 9.17) is 9.47 Å². The standard InChI is InChI=1S/C30H42F2N4O7/c1-19(2)9-6-5-7-11-33-30(41)35-25(15-21-13-23(31)16-24(32)14-21)27(38)34-17-22(28(39)42-4)18-43-29(40)26-10-8-12-36(26)20(3)37/h13-14,16-17,19,22,25-26H,5-12,15,18H2,1-4H3,(H2,33,35,41). The molecule has 1 aromatic carbocycles. The molecule has 1 fully saturated rings. The molecule has 0 spiro atoms. The van der Waals surface area contributed by atoms with Crippen molar-refractivity contribution in [2.45, 2.75) is 77.8 Å². The summed E-state index contributed by atoms with van der Waals surface area (Å²) in [5.74, 6) is -5.11. The highest BCUT2D eigenvalue weighted by atomic mass is 19.1. The zero-order valence-corrected chi connectivity index (χ0v) is 25.2. The summed E-state index contributed by atoms with van der Waals surface area (Å²) in [4.78, 5) is 67.5. The van der Waals surface area contributed by atoms with Crippen molar-refractivity contribution in [2.75, 3.05) is 26.8 Å². The predicted molar refractivity (Wildman–Crippen MR) is 154 cm³/mol. The van der Waals surface area contributed by atoms with Crippen molar-refractivity contribution < 1.29 is 42.2 Å². The second-order valence-electron chi connectivity index (χ2n) is 10.9. The second-order valence-corrected chi connectivity index (χ2v) is 10.9. The number of aliphatic imine (C=N–C) groups is 1. The van der Waals surface area contributed by atoms with E-state index >= 15 is 0 Å². The third-order valence-electron chi connectivity index (χ3n) is 6.93. The number of ether oxygens (including phenoxy) is 2. The van der Waals surface area contributed by atoms with E-state index in [0.29, 0.717) is 37.9 Å². The molecule has 1 heterocycles. The van der Waals surface area contributed by atoms with E-state index in [1.165, 1.54) is 11.8 Å². The van der Waals surface area contributed by atoms with E-state index in [1.807, 2.05) is 0 Å². The number of methoxy groups -OCH3 is 1. The van der Waals surface area contributed by atoms with Gasteiger partial charge >= 0.3 is 18.0 Å². The Hall–Kier alpha value is -3.90. The van der Waals surface area contributed by atoms with Crippen LogP contribution in [0.25, 0.3) is 0 Å². The highest BCUT2D eigenvalue weighted by molar-refractivity contribution is 5.98. The number of carbonyl (C=O) groups is 5. The summed E-state index contributed by atoms with van der Waals surface area (Å²) in [7, 11) is 1.11. The summed E-state index contributed by atoms with van der Waals surface area (Å²) in [6, 6.07) is -0.0253. The van der Waals surface area contributed by atoms with Crippen LogP contribution >= 0.6 is 0 Å². The number of nitrogens with one attached hydrogen (secondary N) is 2. The van der Waals surface area contributed by atoms with Gasteiger partial charge in [-0.25, -0.2) is 23.4 Å². The predicted octanol–water partition coefficient (Wildman–Crippen LogP) is 3.33. The molecule has 1 saturated heterocycles. The lowest BCUT2D eigenvalue weighted by atomic mass is 10.0. The van der Waals surface area contributed by atoms with E-state index in [2.05, 4.69) is 29.5 Å². The summed E-state index contributed by atoms with van der Waals surface area (Å²) >= 11 is 0. The van der Waals surface area contributed by atoms with Crippen LogP contribution in [0.5, 0.6) is 0 Å². The first-order valence-corrected chi connectivity index (χ1v) is 14.5. The molecule has 0 aliphatic carbocycles. The summed E-state index contributed by atoms with van der Waals surface area (Å²) in [5, 5.41) is 5.15. The average Bonchev–Trinajstić information content (AvgIpc) is 3.44. The normalized spacial score (nSPS) is 16.2. The number of hydrogen-bond donors (Lipinski definition) is 2. The van der Waals surface area contributed by atoms with Gasteiger partial charge in [0.2, 0.25) is 5.91 Å². The number of benzene rings is 1. The minimum absolute atomic E-state index is 0.102. The Bertz CT molecular complexity index is 1140. The molecule has 0 radical (unpaired) electrons. The summed E-state index contributed by atoms with van der Waals surface area (Å²) in [6.07, 6.45) is 5.45. The molecule has 0 aromatic heterocycles. The van der Waals surface area contributed by atoms with Crippen LogP contribution in [0, 0.1) is 23.5 Å². The highest BCUT2D eigenvalue weighted by Gasteiger charge is 2.34. The van der Waals surface area contributed by atoms with Gasteiger partial charge in [0.05, 0.1) is 7.11 Å². The number of urea groups is 1. The molecule has 4 amide bonds. The molecule has 11 nitrogen and oxygen atoms in total. The van der Waals surface area contributed by atoms with Gasteiger partial charge in [-0.2, -0.15) is 0 Å². The third kappa shape index (κ3) is 12.5. The maximum absolute atomic E-state index is 13.8. The number of rotatable bonds is 15. The van der Waals surface area contributed by atoms with Gasteiger partial charge in [0.25, 0.3) is 5.91 Å². The van der Waals surface area contributed by atoms with E-state index in [9.17, 15) is 32.8 Å². The summed E-state index contributed by atoms with van der Waals surface area (Å²) in [6.45, 7) is 5.89. The first-order chi connectivity index (χ1) is 20.4. The summed E-state index contributed by atoms with van der Waals surface area (Å²) in [5.41, 5.74) is 0.102. The minimum atomic E-state index is -1.33. The molecule has 3 unspecified atom stereocenters. The quantitative estimate of drug-likeness (QED) is 0.177. The Morgan fingerprint density at radius 1 is 1.09 bits per heavy atom. The fraction of sp³-hybridized carbons (Fsp3) is 0.600. The molecule has 238 valence electrons. The number of nitrogens with zero attached hydrogens (tertiary/aromatic N) is 2. The number of likely N-dealkylation sites (tertiary alicyclic amines) is 1. The Labute approximate surface area is 250 Å². The van der Waals surface area contributed by atoms with Crippen molar-refractivity contribution in [1.82, 2.24) is 15.5 Å². The number of amides is 4. The first-order valence-electron chi connectivity index (χ1n) is 14.5. The van der Waals surface area contributed by atoms with Gasteiger partial charge in [-0.15, -0.1) is 0 Å². The Kier molecular flexibility index (Phi) is 14.7. The molecule has 3 atom stereocenters. The van der Waals surface area contributed by atoms with Crippen LogP contribution in [0.3, 0.4) is 0 Å². The van der Waals surface area contributed by atoms with Crippen LogP contribution in [0.4, 0.5) is 13.6 Å². The molecule has 2 rings (SSSR count). The maximum Gasteiger partial charge on any atom is 0.328 e. The minimum Gasteiger partial charge on any atom is -0.468 e. The lowest BCUT2D eigenvalue weighted by Crippen LogP contribution is -2.47. The Balaban J connectivity index is 2.09. The van der Waals surface area contributed by atoms with Gasteiger partial charge < -0.3 is 25.0 Å². The lowest BCUT2D eigenvalue weighted by Gasteiger charge is -2.22. The molecule has 1 aliphatic rings. The molecule has 43 heavy (non-hydrogen) atoms. The first kappa shape index (κ1) is 35.3. The highest BCUT2D eigenvalue weighted by Crippen LogP contribution is 2.19. The molecule has 1 aromatic rings. The average molecular weight is 609 g/mol. The second kappa shape index (κ2) is 17.9. The van der Waals surface area contributed by atoms with Crippen LogP contribution in [-0.2, 0) is 35.1 Å². The Morgan fingerprint density at radius 3 is 2.42 bits per heavy atom. The summed E-state index contributed by atoms with van der Waals surface area (Å²) < 4.78 is 37.6. The van der Waals surface area contributed by atoms with Gasteiger partial charge in [-0.3, -0.25) is 14.4 Å². The van der Waals surface area contributed by atoms with E-state index < -0.39 is 60.1 Å². The van der Waals surface area contributed by atoms with Crippen LogP contribution < -0.4 is 10.6 Å². The fourth-order valence-electron chi connectivity index (χ4n) is 4.66. The zero-order chi connectivity index (χ0) is 31.9. The molecular formula is C30H42F2N4O7. The number of esters is 2. The molecule has 2 N–H and O–H groups in total. The third-order valence-corrected chi connectivity index (χ3v) is 6.93. The van der Waals surface area contributed by atoms with Crippen LogP contribution in [0.15, 0.2) is 23.2 Å². The molecular weight excluding hydrogens is 566 g/mol. The largest absolute Gasteiger partial charge is 0.468 e. The van der Waals surface area contributed by atoms with E-state index in [-0.39, 0.29) is 17.9 Å². The van der Waals surface area contributed by atoms with Gasteiger partial charge in [0, 0.05) is 38.7 Å². The van der Waals surface area contributed by atoms with Gasteiger partial charge in [-0.1, -0.05) is 33.1 Å². The monoisotopic (exact) mass is 608 g/mol. The number of hydrogen-bond acceptors (Lipinski definition) is 7. The van der Waals surface area contributed by atoms with Crippen molar-refractivity contribution in [3.8, 4) is 0 Å². The van der Waals surface area contributed by atoms with Crippen molar-refractivity contribution in [1.29, 1.82) is 0 Å². The molecule has 13 heteroatoms. The van der Waals surface area contributed by atoms with E-state index in [1.54, 1.807) is 0 Å². The van der Waals surface area contributed by atoms with Gasteiger partial charge in [-0.05, 0) is 42.9 Å². The van der Waals surface area contributed by atoms with Crippen molar-refractivity contribution in [3.05, 3.63) is 35.4 Å². The van der Waals surface area contributed by atoms with Crippen LogP contribution in [0.1, 0.15) is 64.9 Å². The lowest BCUT2D eigenvalue weighted by molar-refractivity contribution is -0.156. The number of unbranched alkanes of at least 4 members (excludes halogenated alkanes) is 2. The smallest absolute Gasteiger partial charge is 0.328 e. The molecule has 0 bridgehead atoms. The van der Waals surface area contributed by atoms with Gasteiger partial charge in [0.15, 0.2) is 0 Å². The van der Waals surface area contributed by atoms with E-state index in [0.717, 1.165) is 51.1 Å². The van der Waals surface area contributed by atoms with Crippen LogP contribution in [-0.4, -0.2) is 79.8 Å². The van der Waals surface area contributed by atoms with Gasteiger partial charge in [0.1, 0.15) is 36.2 Å². The van der Waals surface area contributed by atoms with Crippen LogP contribution in [0.2, 0.25) is 0 Å². The molecule has 1 aliphatic heterocycles. The topological polar surface area (TPSA) is 143 Å². The Morgan fingerprint density at radius 2 is 1.79 bits per heavy atom. The SMILES string of the molecule is COC(=O)C(C=NC(=O)C(Cc1cc(F)cc(F)c1)NC(=O)NCCCCCC(C)C)COC(=O)C1CCCN1C(C)=O. The molecule has 0 saturated carbocycles. The fourth-order valence-corrected chi connectivity index (χ4v) is 4.66. The van der Waals surface area contributed by atoms with Crippen molar-refractivity contribution in [2.24, 2.45) is 16.8 Å². The maximum atomic E-state index is 13.8. The number of carbonyl (C=O) groups excluding carboxylic acids is 5. The zero-order valence-electron chi connectivity index (χ0n) is 25.2. The van der Waals surface area contributed by atoms with Crippen molar-refractivity contribution >= 4 is 36.0 Å².